The molecule has 4 heterocycles. The fraction of sp³-hybridized carbons (Fsp3) is 0.238. The standard InChI is InChI=1S/C21H21N7/c1-13(2)19-26-21(28(27-19)18-7-9-23-10-14(18)3)17-12-24-20(25-15(17)4)16-6-5-8-22-11-16/h5-13H,1-4H3. The van der Waals surface area contributed by atoms with Crippen LogP contribution < -0.4 is 0 Å². The maximum atomic E-state index is 4.80. The van der Waals surface area contributed by atoms with E-state index in [2.05, 4.69) is 33.8 Å². The van der Waals surface area contributed by atoms with Gasteiger partial charge in [-0.15, -0.1) is 0 Å². The molecule has 28 heavy (non-hydrogen) atoms. The summed E-state index contributed by atoms with van der Waals surface area (Å²) in [5.41, 5.74) is 4.54. The Labute approximate surface area is 163 Å². The second kappa shape index (κ2) is 7.26. The molecule has 0 saturated heterocycles. The minimum atomic E-state index is 0.207. The zero-order chi connectivity index (χ0) is 19.7. The maximum Gasteiger partial charge on any atom is 0.166 e. The van der Waals surface area contributed by atoms with Crippen molar-refractivity contribution >= 4 is 0 Å². The van der Waals surface area contributed by atoms with Crippen LogP contribution in [0.4, 0.5) is 0 Å². The summed E-state index contributed by atoms with van der Waals surface area (Å²) in [6.07, 6.45) is 8.89. The van der Waals surface area contributed by atoms with Gasteiger partial charge in [0.15, 0.2) is 17.5 Å². The molecule has 0 fully saturated rings. The Hall–Kier alpha value is -3.48. The molecule has 4 rings (SSSR count). The third-order valence-electron chi connectivity index (χ3n) is 4.50. The minimum absolute atomic E-state index is 0.207. The average Bonchev–Trinajstić information content (AvgIpc) is 3.14. The van der Waals surface area contributed by atoms with Gasteiger partial charge in [0, 0.05) is 42.5 Å². The summed E-state index contributed by atoms with van der Waals surface area (Å²) >= 11 is 0. The second-order valence-corrected chi connectivity index (χ2v) is 6.96. The number of aryl methyl sites for hydroxylation is 2. The van der Waals surface area contributed by atoms with E-state index in [1.54, 1.807) is 18.6 Å². The van der Waals surface area contributed by atoms with Gasteiger partial charge in [0.05, 0.1) is 16.9 Å². The molecule has 0 atom stereocenters. The average molecular weight is 371 g/mol. The Bertz CT molecular complexity index is 1120. The van der Waals surface area contributed by atoms with Gasteiger partial charge in [-0.05, 0) is 37.6 Å². The lowest BCUT2D eigenvalue weighted by atomic mass is 10.2. The first-order valence-electron chi connectivity index (χ1n) is 9.17. The first-order chi connectivity index (χ1) is 13.5. The maximum absolute atomic E-state index is 4.80. The Kier molecular flexibility index (Phi) is 4.65. The third kappa shape index (κ3) is 3.26. The van der Waals surface area contributed by atoms with Crippen LogP contribution in [0.3, 0.4) is 0 Å². The highest BCUT2D eigenvalue weighted by molar-refractivity contribution is 5.63. The molecular weight excluding hydrogens is 350 g/mol. The molecule has 0 N–H and O–H groups in total. The number of pyridine rings is 2. The summed E-state index contributed by atoms with van der Waals surface area (Å²) in [6.45, 7) is 8.14. The van der Waals surface area contributed by atoms with Gasteiger partial charge < -0.3 is 0 Å². The van der Waals surface area contributed by atoms with Crippen molar-refractivity contribution in [1.82, 2.24) is 34.7 Å². The number of nitrogens with zero attached hydrogens (tertiary/aromatic N) is 7. The molecule has 7 heteroatoms. The van der Waals surface area contributed by atoms with Crippen molar-refractivity contribution in [2.75, 3.05) is 0 Å². The van der Waals surface area contributed by atoms with Crippen LogP contribution in [0.15, 0.2) is 49.2 Å². The molecule has 0 bridgehead atoms. The summed E-state index contributed by atoms with van der Waals surface area (Å²) in [5, 5.41) is 4.75. The zero-order valence-corrected chi connectivity index (χ0v) is 16.3. The number of hydrogen-bond donors (Lipinski definition) is 0. The molecule has 0 unspecified atom stereocenters. The van der Waals surface area contributed by atoms with E-state index in [4.69, 9.17) is 10.1 Å². The van der Waals surface area contributed by atoms with Gasteiger partial charge in [0.2, 0.25) is 0 Å². The van der Waals surface area contributed by atoms with Gasteiger partial charge in [-0.25, -0.2) is 19.6 Å². The van der Waals surface area contributed by atoms with Crippen molar-refractivity contribution < 1.29 is 0 Å². The van der Waals surface area contributed by atoms with Gasteiger partial charge >= 0.3 is 0 Å². The molecule has 140 valence electrons. The van der Waals surface area contributed by atoms with Crippen LogP contribution in [-0.2, 0) is 0 Å². The van der Waals surface area contributed by atoms with Crippen molar-refractivity contribution in [3.8, 4) is 28.5 Å². The third-order valence-corrected chi connectivity index (χ3v) is 4.50. The van der Waals surface area contributed by atoms with E-state index in [9.17, 15) is 0 Å². The largest absolute Gasteiger partial charge is 0.264 e. The summed E-state index contributed by atoms with van der Waals surface area (Å²) in [4.78, 5) is 22.4. The van der Waals surface area contributed by atoms with Crippen molar-refractivity contribution in [2.24, 2.45) is 0 Å². The predicted octanol–water partition coefficient (Wildman–Crippen LogP) is 3.92. The Balaban J connectivity index is 1.86. The molecule has 0 aliphatic rings. The van der Waals surface area contributed by atoms with Crippen molar-refractivity contribution in [3.63, 3.8) is 0 Å². The molecule has 4 aromatic rings. The smallest absolute Gasteiger partial charge is 0.166 e. The number of aromatic nitrogens is 7. The van der Waals surface area contributed by atoms with E-state index >= 15 is 0 Å². The topological polar surface area (TPSA) is 82.3 Å². The first-order valence-corrected chi connectivity index (χ1v) is 9.17. The van der Waals surface area contributed by atoms with E-state index in [1.165, 1.54) is 0 Å². The Morgan fingerprint density at radius 1 is 0.929 bits per heavy atom. The summed E-state index contributed by atoms with van der Waals surface area (Å²) < 4.78 is 1.86. The lowest BCUT2D eigenvalue weighted by Crippen LogP contribution is -2.05. The van der Waals surface area contributed by atoms with Gasteiger partial charge in [-0.1, -0.05) is 13.8 Å². The van der Waals surface area contributed by atoms with Gasteiger partial charge in [0.25, 0.3) is 0 Å². The van der Waals surface area contributed by atoms with E-state index in [0.29, 0.717) is 5.82 Å². The molecule has 7 nitrogen and oxygen atoms in total. The fourth-order valence-electron chi connectivity index (χ4n) is 2.94. The number of hydrogen-bond acceptors (Lipinski definition) is 6. The Morgan fingerprint density at radius 2 is 1.75 bits per heavy atom. The van der Waals surface area contributed by atoms with Crippen LogP contribution in [0.25, 0.3) is 28.5 Å². The molecule has 0 amide bonds. The highest BCUT2D eigenvalue weighted by Crippen LogP contribution is 2.27. The van der Waals surface area contributed by atoms with E-state index < -0.39 is 0 Å². The SMILES string of the molecule is Cc1cnccc1-n1nc(C(C)C)nc1-c1cnc(-c2cccnc2)nc1C. The van der Waals surface area contributed by atoms with E-state index in [0.717, 1.165) is 39.7 Å². The molecule has 0 aliphatic heterocycles. The molecule has 0 spiro atoms. The molecule has 4 aromatic heterocycles. The predicted molar refractivity (Wildman–Crippen MR) is 107 cm³/mol. The van der Waals surface area contributed by atoms with Crippen molar-refractivity contribution in [3.05, 3.63) is 66.3 Å². The van der Waals surface area contributed by atoms with Crippen LogP contribution in [0, 0.1) is 13.8 Å². The molecule has 0 saturated carbocycles. The summed E-state index contributed by atoms with van der Waals surface area (Å²) in [5.74, 6) is 2.36. The van der Waals surface area contributed by atoms with Crippen LogP contribution in [0.2, 0.25) is 0 Å². The van der Waals surface area contributed by atoms with Crippen LogP contribution in [0.1, 0.15) is 36.8 Å². The fourth-order valence-corrected chi connectivity index (χ4v) is 2.94. The lowest BCUT2D eigenvalue weighted by molar-refractivity contribution is 0.752. The highest BCUT2D eigenvalue weighted by Gasteiger charge is 2.19. The Morgan fingerprint density at radius 3 is 2.43 bits per heavy atom. The minimum Gasteiger partial charge on any atom is -0.264 e. The van der Waals surface area contributed by atoms with E-state index in [1.807, 2.05) is 49.1 Å². The summed E-state index contributed by atoms with van der Waals surface area (Å²) in [6, 6.07) is 5.76. The zero-order valence-electron chi connectivity index (χ0n) is 16.3. The molecular formula is C21H21N7. The van der Waals surface area contributed by atoms with Crippen LogP contribution in [0.5, 0.6) is 0 Å². The normalized spacial score (nSPS) is 11.2. The molecule has 0 aromatic carbocycles. The summed E-state index contributed by atoms with van der Waals surface area (Å²) in [7, 11) is 0. The van der Waals surface area contributed by atoms with Gasteiger partial charge in [-0.2, -0.15) is 5.10 Å². The molecule has 0 aliphatic carbocycles. The second-order valence-electron chi connectivity index (χ2n) is 6.96. The lowest BCUT2D eigenvalue weighted by Gasteiger charge is -2.10. The van der Waals surface area contributed by atoms with Crippen molar-refractivity contribution in [2.45, 2.75) is 33.6 Å². The highest BCUT2D eigenvalue weighted by atomic mass is 15.4. The van der Waals surface area contributed by atoms with Gasteiger partial charge in [0.1, 0.15) is 0 Å². The van der Waals surface area contributed by atoms with Gasteiger partial charge in [-0.3, -0.25) is 9.97 Å². The number of rotatable bonds is 4. The van der Waals surface area contributed by atoms with E-state index in [-0.39, 0.29) is 5.92 Å². The van der Waals surface area contributed by atoms with Crippen molar-refractivity contribution in [1.29, 1.82) is 0 Å². The van der Waals surface area contributed by atoms with Crippen LogP contribution in [-0.4, -0.2) is 34.7 Å². The quantitative estimate of drug-likeness (QED) is 0.541. The molecule has 0 radical (unpaired) electrons. The van der Waals surface area contributed by atoms with Crippen LogP contribution >= 0.6 is 0 Å². The monoisotopic (exact) mass is 371 g/mol. The first kappa shape index (κ1) is 17.9.